The molecule has 0 aliphatic carbocycles. The molecule has 1 saturated heterocycles. The SMILES string of the molecule is CCc1nc2c(N)ncnc2n1[C@@H]1O[C@H](CN(C)CCCN)C(O)C1O.O=S(=O)(O)O. The standard InChI is InChI=1S/C16H27N7O3.H2O4S/c1-3-10-21-11-14(18)19-8-20-15(11)23(10)16-13(25)12(24)9(26-16)7-22(2)6-4-5-17;1-5(2,3)4/h8-9,12-13,16,24-25H,3-7,17H2,1-2H3,(H2,18,19,20);(H2,1,2,3,4)/t9-,12?,13?,16-;/m1./s1. The summed E-state index contributed by atoms with van der Waals surface area (Å²) in [7, 11) is -2.73. The van der Waals surface area contributed by atoms with E-state index in [2.05, 4.69) is 15.0 Å². The van der Waals surface area contributed by atoms with Crippen LogP contribution in [0.1, 0.15) is 25.4 Å². The molecule has 1 aliphatic heterocycles. The van der Waals surface area contributed by atoms with E-state index in [1.807, 2.05) is 18.9 Å². The molecule has 4 atom stereocenters. The van der Waals surface area contributed by atoms with E-state index in [-0.39, 0.29) is 5.82 Å². The lowest BCUT2D eigenvalue weighted by atomic mass is 10.1. The predicted molar refractivity (Wildman–Crippen MR) is 110 cm³/mol. The van der Waals surface area contributed by atoms with Crippen molar-refractivity contribution in [1.29, 1.82) is 0 Å². The van der Waals surface area contributed by atoms with Crippen LogP contribution < -0.4 is 11.5 Å². The molecule has 0 amide bonds. The number of ether oxygens (including phenoxy) is 1. The summed E-state index contributed by atoms with van der Waals surface area (Å²) in [5.41, 5.74) is 12.4. The maximum absolute atomic E-state index is 10.6. The van der Waals surface area contributed by atoms with Gasteiger partial charge in [-0.2, -0.15) is 8.42 Å². The highest BCUT2D eigenvalue weighted by Crippen LogP contribution is 2.34. The monoisotopic (exact) mass is 463 g/mol. The molecule has 3 rings (SSSR count). The first kappa shape index (κ1) is 25.3. The van der Waals surface area contributed by atoms with Gasteiger partial charge in [0.05, 0.1) is 0 Å². The molecule has 8 N–H and O–H groups in total. The lowest BCUT2D eigenvalue weighted by molar-refractivity contribution is -0.0434. The van der Waals surface area contributed by atoms with Gasteiger partial charge in [-0.15, -0.1) is 0 Å². The fourth-order valence-electron chi connectivity index (χ4n) is 3.34. The Hall–Kier alpha value is -1.98. The van der Waals surface area contributed by atoms with E-state index in [4.69, 9.17) is 33.7 Å². The van der Waals surface area contributed by atoms with E-state index in [0.29, 0.717) is 36.5 Å². The summed E-state index contributed by atoms with van der Waals surface area (Å²) in [6, 6.07) is 0. The number of aliphatic hydroxyl groups is 2. The van der Waals surface area contributed by atoms with Crippen molar-refractivity contribution in [2.75, 3.05) is 32.4 Å². The van der Waals surface area contributed by atoms with Crippen LogP contribution in [-0.2, 0) is 21.6 Å². The highest BCUT2D eigenvalue weighted by molar-refractivity contribution is 7.79. The molecule has 31 heavy (non-hydrogen) atoms. The minimum Gasteiger partial charge on any atom is -0.387 e. The van der Waals surface area contributed by atoms with Crippen LogP contribution in [0.25, 0.3) is 11.2 Å². The Kier molecular flexibility index (Phi) is 8.61. The maximum Gasteiger partial charge on any atom is 0.394 e. The predicted octanol–water partition coefficient (Wildman–Crippen LogP) is -1.78. The average molecular weight is 464 g/mol. The quantitative estimate of drug-likeness (QED) is 0.250. The van der Waals surface area contributed by atoms with Crippen LogP contribution in [0, 0.1) is 0 Å². The molecule has 2 unspecified atom stereocenters. The summed E-state index contributed by atoms with van der Waals surface area (Å²) in [6.45, 7) is 3.82. The average Bonchev–Trinajstić information content (AvgIpc) is 3.18. The molecule has 2 aromatic heterocycles. The van der Waals surface area contributed by atoms with Crippen LogP contribution in [-0.4, -0.2) is 97.1 Å². The topological polar surface area (TPSA) is 223 Å². The highest BCUT2D eigenvalue weighted by atomic mass is 32.3. The van der Waals surface area contributed by atoms with E-state index >= 15 is 0 Å². The second kappa shape index (κ2) is 10.6. The van der Waals surface area contributed by atoms with Gasteiger partial charge in [-0.25, -0.2) is 15.0 Å². The Labute approximate surface area is 179 Å². The van der Waals surface area contributed by atoms with Crippen LogP contribution in [0.5, 0.6) is 0 Å². The largest absolute Gasteiger partial charge is 0.394 e. The summed E-state index contributed by atoms with van der Waals surface area (Å²) in [4.78, 5) is 14.7. The van der Waals surface area contributed by atoms with Crippen LogP contribution >= 0.6 is 0 Å². The van der Waals surface area contributed by atoms with Crippen molar-refractivity contribution in [3.8, 4) is 0 Å². The van der Waals surface area contributed by atoms with Gasteiger partial charge in [0, 0.05) is 13.0 Å². The summed E-state index contributed by atoms with van der Waals surface area (Å²) in [5.74, 6) is 0.940. The highest BCUT2D eigenvalue weighted by Gasteiger charge is 2.45. The number of anilines is 1. The van der Waals surface area contributed by atoms with Crippen LogP contribution in [0.3, 0.4) is 0 Å². The first-order chi connectivity index (χ1) is 14.5. The third kappa shape index (κ3) is 6.50. The first-order valence-electron chi connectivity index (χ1n) is 9.55. The Bertz CT molecular complexity index is 963. The second-order valence-electron chi connectivity index (χ2n) is 7.08. The summed E-state index contributed by atoms with van der Waals surface area (Å²) in [5, 5.41) is 21.1. The number of hydrogen-bond acceptors (Lipinski definition) is 11. The number of rotatable bonds is 7. The van der Waals surface area contributed by atoms with Crippen molar-refractivity contribution in [1.82, 2.24) is 24.4 Å². The molecule has 0 saturated carbocycles. The van der Waals surface area contributed by atoms with Gasteiger partial charge in [0.1, 0.15) is 30.5 Å². The number of hydrogen-bond donors (Lipinski definition) is 6. The summed E-state index contributed by atoms with van der Waals surface area (Å²) < 4.78 is 39.3. The number of aromatic nitrogens is 4. The Morgan fingerprint density at radius 2 is 1.90 bits per heavy atom. The lowest BCUT2D eigenvalue weighted by Gasteiger charge is -2.22. The van der Waals surface area contributed by atoms with Gasteiger partial charge < -0.3 is 31.3 Å². The molecule has 2 aromatic rings. The fourth-order valence-corrected chi connectivity index (χ4v) is 3.34. The maximum atomic E-state index is 10.6. The molecule has 0 aromatic carbocycles. The van der Waals surface area contributed by atoms with Crippen molar-refractivity contribution in [3.05, 3.63) is 12.2 Å². The van der Waals surface area contributed by atoms with Gasteiger partial charge in [-0.05, 0) is 26.6 Å². The zero-order valence-electron chi connectivity index (χ0n) is 17.2. The number of nitrogen functional groups attached to an aromatic ring is 1. The van der Waals surface area contributed by atoms with Gasteiger partial charge in [0.25, 0.3) is 0 Å². The van der Waals surface area contributed by atoms with Gasteiger partial charge in [-0.3, -0.25) is 13.7 Å². The summed E-state index contributed by atoms with van der Waals surface area (Å²) >= 11 is 0. The van der Waals surface area contributed by atoms with Crippen molar-refractivity contribution in [2.45, 2.75) is 44.3 Å². The lowest BCUT2D eigenvalue weighted by Crippen LogP contribution is -2.39. The smallest absolute Gasteiger partial charge is 0.387 e. The van der Waals surface area contributed by atoms with Crippen molar-refractivity contribution < 1.29 is 32.5 Å². The van der Waals surface area contributed by atoms with E-state index < -0.39 is 34.9 Å². The van der Waals surface area contributed by atoms with Crippen molar-refractivity contribution in [3.63, 3.8) is 0 Å². The Morgan fingerprint density at radius 3 is 2.48 bits per heavy atom. The fraction of sp³-hybridized carbons (Fsp3) is 0.688. The van der Waals surface area contributed by atoms with Gasteiger partial charge in [-0.1, -0.05) is 6.92 Å². The molecular formula is C16H29N7O7S. The number of fused-ring (bicyclic) bond motifs is 1. The molecule has 14 nitrogen and oxygen atoms in total. The zero-order chi connectivity index (χ0) is 23.3. The minimum atomic E-state index is -4.67. The van der Waals surface area contributed by atoms with E-state index in [9.17, 15) is 10.2 Å². The second-order valence-corrected chi connectivity index (χ2v) is 7.98. The normalized spacial score (nSPS) is 23.9. The van der Waals surface area contributed by atoms with Crippen molar-refractivity contribution >= 4 is 27.4 Å². The molecule has 0 radical (unpaired) electrons. The Morgan fingerprint density at radius 1 is 1.26 bits per heavy atom. The number of nitrogens with zero attached hydrogens (tertiary/aromatic N) is 5. The number of likely N-dealkylation sites (N-methyl/N-ethyl adjacent to an activating group) is 1. The molecule has 0 spiro atoms. The molecule has 176 valence electrons. The molecule has 15 heteroatoms. The number of imidazole rings is 1. The van der Waals surface area contributed by atoms with Gasteiger partial charge in [0.15, 0.2) is 23.2 Å². The van der Waals surface area contributed by atoms with Crippen molar-refractivity contribution in [2.24, 2.45) is 5.73 Å². The van der Waals surface area contributed by atoms with E-state index in [1.165, 1.54) is 6.33 Å². The molecule has 0 bridgehead atoms. The molecule has 1 fully saturated rings. The van der Waals surface area contributed by atoms with Crippen LogP contribution in [0.2, 0.25) is 0 Å². The van der Waals surface area contributed by atoms with Gasteiger partial charge >= 0.3 is 10.4 Å². The van der Waals surface area contributed by atoms with E-state index in [1.54, 1.807) is 4.57 Å². The Balaban J connectivity index is 0.000000614. The summed E-state index contributed by atoms with van der Waals surface area (Å²) in [6.07, 6.45) is -0.618. The third-order valence-corrected chi connectivity index (χ3v) is 4.72. The number of aryl methyl sites for hydroxylation is 1. The molecule has 3 heterocycles. The third-order valence-electron chi connectivity index (χ3n) is 4.72. The van der Waals surface area contributed by atoms with Gasteiger partial charge in [0.2, 0.25) is 0 Å². The minimum absolute atomic E-state index is 0.273. The van der Waals surface area contributed by atoms with Crippen LogP contribution in [0.15, 0.2) is 6.33 Å². The zero-order valence-corrected chi connectivity index (χ0v) is 18.1. The number of nitrogens with two attached hydrogens (primary N) is 2. The molecule has 1 aliphatic rings. The first-order valence-corrected chi connectivity index (χ1v) is 10.9. The van der Waals surface area contributed by atoms with E-state index in [0.717, 1.165) is 13.0 Å². The number of aliphatic hydroxyl groups excluding tert-OH is 2. The van der Waals surface area contributed by atoms with Crippen LogP contribution in [0.4, 0.5) is 5.82 Å². The molecular weight excluding hydrogens is 434 g/mol.